The van der Waals surface area contributed by atoms with Crippen molar-refractivity contribution in [1.29, 1.82) is 0 Å². The van der Waals surface area contributed by atoms with Gasteiger partial charge in [-0.05, 0) is 54.2 Å². The van der Waals surface area contributed by atoms with Crippen molar-refractivity contribution in [2.75, 3.05) is 12.4 Å². The van der Waals surface area contributed by atoms with E-state index in [1.165, 1.54) is 11.1 Å². The van der Waals surface area contributed by atoms with Crippen LogP contribution in [-0.2, 0) is 12.8 Å². The summed E-state index contributed by atoms with van der Waals surface area (Å²) in [7, 11) is 1.69. The maximum absolute atomic E-state index is 6.04. The quantitative estimate of drug-likeness (QED) is 0.653. The van der Waals surface area contributed by atoms with Crippen LogP contribution in [-0.4, -0.2) is 12.4 Å². The number of hydrogen-bond donors (Lipinski definition) is 0. The minimum atomic E-state index is 0.557. The molecule has 0 N–H and O–H groups in total. The molecular formula is C17H18BrClO. The molecule has 1 unspecified atom stereocenters. The molecule has 106 valence electrons. The second-order valence-corrected chi connectivity index (χ2v) is 5.99. The first-order valence-electron chi connectivity index (χ1n) is 6.64. The largest absolute Gasteiger partial charge is 0.497 e. The van der Waals surface area contributed by atoms with E-state index in [-0.39, 0.29) is 0 Å². The van der Waals surface area contributed by atoms with E-state index in [2.05, 4.69) is 34.1 Å². The van der Waals surface area contributed by atoms with Crippen molar-refractivity contribution in [3.8, 4) is 5.75 Å². The lowest BCUT2D eigenvalue weighted by atomic mass is 9.94. The van der Waals surface area contributed by atoms with Crippen LogP contribution in [0.4, 0.5) is 0 Å². The topological polar surface area (TPSA) is 9.23 Å². The van der Waals surface area contributed by atoms with E-state index in [1.54, 1.807) is 7.11 Å². The third-order valence-corrected chi connectivity index (χ3v) is 4.47. The van der Waals surface area contributed by atoms with Gasteiger partial charge in [-0.3, -0.25) is 0 Å². The van der Waals surface area contributed by atoms with Gasteiger partial charge in [-0.1, -0.05) is 51.8 Å². The average Bonchev–Trinajstić information content (AvgIpc) is 2.47. The molecule has 0 aromatic heterocycles. The predicted molar refractivity (Wildman–Crippen MR) is 89.1 cm³/mol. The summed E-state index contributed by atoms with van der Waals surface area (Å²) in [5.74, 6) is 1.46. The van der Waals surface area contributed by atoms with Crippen LogP contribution in [0.5, 0.6) is 5.75 Å². The maximum Gasteiger partial charge on any atom is 0.118 e. The van der Waals surface area contributed by atoms with Gasteiger partial charge in [-0.2, -0.15) is 0 Å². The van der Waals surface area contributed by atoms with Crippen LogP contribution in [0.25, 0.3) is 0 Å². The minimum absolute atomic E-state index is 0.557. The number of rotatable bonds is 6. The van der Waals surface area contributed by atoms with Gasteiger partial charge < -0.3 is 4.74 Å². The van der Waals surface area contributed by atoms with Crippen LogP contribution in [0, 0.1) is 5.92 Å². The van der Waals surface area contributed by atoms with E-state index >= 15 is 0 Å². The van der Waals surface area contributed by atoms with Crippen molar-refractivity contribution in [1.82, 2.24) is 0 Å². The smallest absolute Gasteiger partial charge is 0.118 e. The molecule has 2 aromatic carbocycles. The normalized spacial score (nSPS) is 12.2. The molecule has 0 saturated heterocycles. The summed E-state index contributed by atoms with van der Waals surface area (Å²) in [6, 6.07) is 16.4. The molecule has 0 heterocycles. The molecule has 0 saturated carbocycles. The van der Waals surface area contributed by atoms with Crippen molar-refractivity contribution in [3.63, 3.8) is 0 Å². The van der Waals surface area contributed by atoms with Gasteiger partial charge >= 0.3 is 0 Å². The van der Waals surface area contributed by atoms with Crippen molar-refractivity contribution in [2.45, 2.75) is 12.8 Å². The highest BCUT2D eigenvalue weighted by molar-refractivity contribution is 9.09. The van der Waals surface area contributed by atoms with E-state index < -0.39 is 0 Å². The average molecular weight is 354 g/mol. The van der Waals surface area contributed by atoms with Gasteiger partial charge in [0, 0.05) is 10.4 Å². The zero-order valence-electron chi connectivity index (χ0n) is 11.5. The number of benzene rings is 2. The zero-order chi connectivity index (χ0) is 14.4. The second kappa shape index (κ2) is 7.70. The zero-order valence-corrected chi connectivity index (χ0v) is 13.8. The Kier molecular flexibility index (Phi) is 5.93. The van der Waals surface area contributed by atoms with Gasteiger partial charge in [0.25, 0.3) is 0 Å². The molecule has 0 fully saturated rings. The number of ether oxygens (including phenoxy) is 1. The Morgan fingerprint density at radius 3 is 2.35 bits per heavy atom. The molecule has 0 aliphatic carbocycles. The summed E-state index contributed by atoms with van der Waals surface area (Å²) in [6.45, 7) is 0. The van der Waals surface area contributed by atoms with Crippen molar-refractivity contribution < 1.29 is 4.74 Å². The molecule has 20 heavy (non-hydrogen) atoms. The van der Waals surface area contributed by atoms with Crippen LogP contribution >= 0.6 is 27.5 Å². The number of methoxy groups -OCH3 is 1. The van der Waals surface area contributed by atoms with Crippen LogP contribution in [0.3, 0.4) is 0 Å². The van der Waals surface area contributed by atoms with E-state index in [0.717, 1.165) is 28.9 Å². The van der Waals surface area contributed by atoms with Gasteiger partial charge in [-0.25, -0.2) is 0 Å². The fourth-order valence-electron chi connectivity index (χ4n) is 2.27. The van der Waals surface area contributed by atoms with Crippen molar-refractivity contribution >= 4 is 27.5 Å². The molecule has 2 rings (SSSR count). The van der Waals surface area contributed by atoms with Crippen LogP contribution in [0.15, 0.2) is 48.5 Å². The fourth-order valence-corrected chi connectivity index (χ4v) is 2.94. The molecule has 1 nitrogen and oxygen atoms in total. The Labute approximate surface area is 134 Å². The minimum Gasteiger partial charge on any atom is -0.497 e. The van der Waals surface area contributed by atoms with Crippen LogP contribution < -0.4 is 4.74 Å². The third kappa shape index (κ3) is 4.53. The molecule has 0 radical (unpaired) electrons. The van der Waals surface area contributed by atoms with E-state index in [9.17, 15) is 0 Å². The Morgan fingerprint density at radius 2 is 1.75 bits per heavy atom. The van der Waals surface area contributed by atoms with E-state index in [4.69, 9.17) is 16.3 Å². The third-order valence-electron chi connectivity index (χ3n) is 3.32. The highest BCUT2D eigenvalue weighted by Crippen LogP contribution is 2.20. The van der Waals surface area contributed by atoms with E-state index in [0.29, 0.717) is 5.92 Å². The standard InChI is InChI=1S/C17H18BrClO/c1-20-17-7-5-13(6-8-17)9-15(12-18)10-14-3-2-4-16(19)11-14/h2-8,11,15H,9-10,12H2,1H3. The number of alkyl halides is 1. The lowest BCUT2D eigenvalue weighted by molar-refractivity contribution is 0.414. The first-order valence-corrected chi connectivity index (χ1v) is 8.14. The molecule has 0 amide bonds. The highest BCUT2D eigenvalue weighted by atomic mass is 79.9. The maximum atomic E-state index is 6.04. The SMILES string of the molecule is COc1ccc(CC(CBr)Cc2cccc(Cl)c2)cc1. The summed E-state index contributed by atoms with van der Waals surface area (Å²) in [6.07, 6.45) is 2.07. The molecular weight excluding hydrogens is 336 g/mol. The molecule has 0 spiro atoms. The van der Waals surface area contributed by atoms with Gasteiger partial charge in [0.2, 0.25) is 0 Å². The summed E-state index contributed by atoms with van der Waals surface area (Å²) in [4.78, 5) is 0. The lowest BCUT2D eigenvalue weighted by Gasteiger charge is -2.14. The van der Waals surface area contributed by atoms with Crippen LogP contribution in [0.1, 0.15) is 11.1 Å². The second-order valence-electron chi connectivity index (χ2n) is 4.91. The summed E-state index contributed by atoms with van der Waals surface area (Å²) in [5.41, 5.74) is 2.62. The molecule has 3 heteroatoms. The Balaban J connectivity index is 2.01. The Bertz CT molecular complexity index is 539. The lowest BCUT2D eigenvalue weighted by Crippen LogP contribution is -2.10. The summed E-state index contributed by atoms with van der Waals surface area (Å²) >= 11 is 9.66. The molecule has 2 aromatic rings. The van der Waals surface area contributed by atoms with Gasteiger partial charge in [-0.15, -0.1) is 0 Å². The van der Waals surface area contributed by atoms with Gasteiger partial charge in [0.15, 0.2) is 0 Å². The van der Waals surface area contributed by atoms with Crippen molar-refractivity contribution in [3.05, 3.63) is 64.7 Å². The Hall–Kier alpha value is -0.990. The fraction of sp³-hybridized carbons (Fsp3) is 0.294. The number of halogens is 2. The molecule has 0 aliphatic rings. The highest BCUT2D eigenvalue weighted by Gasteiger charge is 2.10. The molecule has 1 atom stereocenters. The van der Waals surface area contributed by atoms with Gasteiger partial charge in [0.05, 0.1) is 7.11 Å². The summed E-state index contributed by atoms with van der Waals surface area (Å²) in [5, 5.41) is 1.78. The number of hydrogen-bond acceptors (Lipinski definition) is 1. The molecule has 0 bridgehead atoms. The van der Waals surface area contributed by atoms with Gasteiger partial charge in [0.1, 0.15) is 5.75 Å². The first-order chi connectivity index (χ1) is 9.71. The Morgan fingerprint density at radius 1 is 1.05 bits per heavy atom. The van der Waals surface area contributed by atoms with Crippen molar-refractivity contribution in [2.24, 2.45) is 5.92 Å². The van der Waals surface area contributed by atoms with Crippen LogP contribution in [0.2, 0.25) is 5.02 Å². The predicted octanol–water partition coefficient (Wildman–Crippen LogP) is 5.14. The molecule has 0 aliphatic heterocycles. The van der Waals surface area contributed by atoms with E-state index in [1.807, 2.05) is 30.3 Å². The summed E-state index contributed by atoms with van der Waals surface area (Å²) < 4.78 is 5.19. The monoisotopic (exact) mass is 352 g/mol. The first kappa shape index (κ1) is 15.4.